The molecule has 0 spiro atoms. The van der Waals surface area contributed by atoms with Gasteiger partial charge in [0.2, 0.25) is 5.91 Å². The Morgan fingerprint density at radius 3 is 1.74 bits per heavy atom. The number of ether oxygens (including phenoxy) is 2. The second-order valence-electron chi connectivity index (χ2n) is 9.89. The lowest BCUT2D eigenvalue weighted by Crippen LogP contribution is -2.51. The van der Waals surface area contributed by atoms with E-state index < -0.39 is 30.2 Å². The molecule has 0 aromatic heterocycles. The van der Waals surface area contributed by atoms with Crippen LogP contribution in [0.4, 0.5) is 0 Å². The molecule has 0 saturated heterocycles. The molecule has 1 rings (SSSR count). The molecule has 6 heteroatoms. The van der Waals surface area contributed by atoms with Crippen LogP contribution in [0.15, 0.2) is 24.3 Å². The summed E-state index contributed by atoms with van der Waals surface area (Å²) in [7, 11) is 0. The number of rotatable bonds is 17. The van der Waals surface area contributed by atoms with Crippen LogP contribution in [0.1, 0.15) is 117 Å². The van der Waals surface area contributed by atoms with E-state index in [-0.39, 0.29) is 11.8 Å². The van der Waals surface area contributed by atoms with Gasteiger partial charge in [0.05, 0.1) is 0 Å². The molecule has 0 radical (unpaired) electrons. The molecule has 198 valence electrons. The highest BCUT2D eigenvalue weighted by atomic mass is 16.6. The molecule has 0 aliphatic rings. The summed E-state index contributed by atoms with van der Waals surface area (Å²) in [4.78, 5) is 35.7. The molecule has 35 heavy (non-hydrogen) atoms. The molecule has 3 unspecified atom stereocenters. The Morgan fingerprint density at radius 1 is 0.771 bits per heavy atom. The summed E-state index contributed by atoms with van der Waals surface area (Å²) in [6, 6.07) is 7.28. The number of aryl methyl sites for hydroxylation is 1. The Labute approximate surface area is 212 Å². The Morgan fingerprint density at radius 2 is 1.29 bits per heavy atom. The summed E-state index contributed by atoms with van der Waals surface area (Å²) in [5.41, 5.74) is 1.99. The van der Waals surface area contributed by atoms with Gasteiger partial charge < -0.3 is 14.8 Å². The summed E-state index contributed by atoms with van der Waals surface area (Å²) in [5.74, 6) is -1.29. The van der Waals surface area contributed by atoms with Crippen molar-refractivity contribution in [3.63, 3.8) is 0 Å². The molecule has 0 aliphatic heterocycles. The maximum atomic E-state index is 12.0. The SMILES string of the molecule is CCCCCCCCCCCc1ccc(C(OC(C)=O)C(NC(C)=O)C(OC(C)=O)C(C)C)cc1. The van der Waals surface area contributed by atoms with Crippen molar-refractivity contribution in [2.45, 2.75) is 124 Å². The number of hydrogen-bond acceptors (Lipinski definition) is 5. The summed E-state index contributed by atoms with van der Waals surface area (Å²) in [6.07, 6.45) is 11.3. The fourth-order valence-corrected chi connectivity index (χ4v) is 4.42. The second-order valence-corrected chi connectivity index (χ2v) is 9.89. The fourth-order valence-electron chi connectivity index (χ4n) is 4.42. The van der Waals surface area contributed by atoms with Gasteiger partial charge in [-0.1, -0.05) is 96.4 Å². The molecule has 0 aliphatic carbocycles. The van der Waals surface area contributed by atoms with Crippen molar-refractivity contribution < 1.29 is 23.9 Å². The first-order valence-electron chi connectivity index (χ1n) is 13.4. The highest BCUT2D eigenvalue weighted by Gasteiger charge is 2.37. The standard InChI is InChI=1S/C29H47NO5/c1-7-8-9-10-11-12-13-14-15-16-25-17-19-26(20-18-25)29(35-24(6)33)27(30-22(4)31)28(21(2)3)34-23(5)32/h17-21,27-29H,7-16H2,1-6H3,(H,30,31). The zero-order chi connectivity index (χ0) is 26.2. The van der Waals surface area contributed by atoms with Crippen LogP contribution >= 0.6 is 0 Å². The monoisotopic (exact) mass is 489 g/mol. The smallest absolute Gasteiger partial charge is 0.303 e. The third kappa shape index (κ3) is 12.8. The van der Waals surface area contributed by atoms with Crippen molar-refractivity contribution in [3.05, 3.63) is 35.4 Å². The molecule has 3 atom stereocenters. The number of amides is 1. The van der Waals surface area contributed by atoms with E-state index in [1.165, 1.54) is 77.7 Å². The van der Waals surface area contributed by atoms with E-state index in [1.54, 1.807) is 0 Å². The van der Waals surface area contributed by atoms with Crippen LogP contribution in [-0.4, -0.2) is 30.0 Å². The van der Waals surface area contributed by atoms with Gasteiger partial charge in [-0.15, -0.1) is 0 Å². The van der Waals surface area contributed by atoms with Crippen LogP contribution in [0.5, 0.6) is 0 Å². The normalized spacial score (nSPS) is 13.7. The van der Waals surface area contributed by atoms with Gasteiger partial charge in [0.15, 0.2) is 6.10 Å². The number of unbranched alkanes of at least 4 members (excludes halogenated alkanes) is 8. The Balaban J connectivity index is 2.84. The van der Waals surface area contributed by atoms with Crippen molar-refractivity contribution in [1.82, 2.24) is 5.32 Å². The third-order valence-electron chi connectivity index (χ3n) is 6.18. The van der Waals surface area contributed by atoms with E-state index in [9.17, 15) is 14.4 Å². The van der Waals surface area contributed by atoms with Gasteiger partial charge in [-0.25, -0.2) is 0 Å². The van der Waals surface area contributed by atoms with Crippen LogP contribution in [0, 0.1) is 5.92 Å². The molecule has 1 aromatic rings. The topological polar surface area (TPSA) is 81.7 Å². The summed E-state index contributed by atoms with van der Waals surface area (Å²) in [5, 5.41) is 2.86. The maximum absolute atomic E-state index is 12.0. The largest absolute Gasteiger partial charge is 0.460 e. The van der Waals surface area contributed by atoms with Gasteiger partial charge in [-0.3, -0.25) is 14.4 Å². The molecule has 1 N–H and O–H groups in total. The molecule has 1 amide bonds. The Hall–Kier alpha value is -2.37. The maximum Gasteiger partial charge on any atom is 0.303 e. The van der Waals surface area contributed by atoms with Gasteiger partial charge in [-0.2, -0.15) is 0 Å². The van der Waals surface area contributed by atoms with Crippen LogP contribution in [-0.2, 0) is 30.3 Å². The summed E-state index contributed by atoms with van der Waals surface area (Å²) >= 11 is 0. The van der Waals surface area contributed by atoms with Gasteiger partial charge in [0, 0.05) is 20.8 Å². The average molecular weight is 490 g/mol. The van der Waals surface area contributed by atoms with Gasteiger partial charge in [-0.05, 0) is 29.9 Å². The molecular formula is C29H47NO5. The van der Waals surface area contributed by atoms with Crippen LogP contribution in [0.25, 0.3) is 0 Å². The van der Waals surface area contributed by atoms with Crippen LogP contribution in [0.2, 0.25) is 0 Å². The average Bonchev–Trinajstić information content (AvgIpc) is 2.78. The van der Waals surface area contributed by atoms with Gasteiger partial charge >= 0.3 is 11.9 Å². The first-order chi connectivity index (χ1) is 16.6. The molecule has 0 fully saturated rings. The number of carbonyl (C=O) groups excluding carboxylic acids is 3. The molecule has 0 heterocycles. The predicted octanol–water partition coefficient (Wildman–Crippen LogP) is 6.46. The van der Waals surface area contributed by atoms with Crippen LogP contribution in [0.3, 0.4) is 0 Å². The number of esters is 2. The van der Waals surface area contributed by atoms with E-state index >= 15 is 0 Å². The molecule has 0 saturated carbocycles. The van der Waals surface area contributed by atoms with Crippen molar-refractivity contribution in [2.75, 3.05) is 0 Å². The quantitative estimate of drug-likeness (QED) is 0.201. The zero-order valence-electron chi connectivity index (χ0n) is 22.7. The summed E-state index contributed by atoms with van der Waals surface area (Å²) < 4.78 is 11.2. The molecule has 0 bridgehead atoms. The third-order valence-corrected chi connectivity index (χ3v) is 6.18. The van der Waals surface area contributed by atoms with Crippen molar-refractivity contribution in [1.29, 1.82) is 0 Å². The van der Waals surface area contributed by atoms with E-state index in [0.29, 0.717) is 0 Å². The Bertz CT molecular complexity index is 759. The lowest BCUT2D eigenvalue weighted by atomic mass is 9.90. The number of benzene rings is 1. The predicted molar refractivity (Wildman–Crippen MR) is 140 cm³/mol. The number of nitrogens with one attached hydrogen (secondary N) is 1. The minimum absolute atomic E-state index is 0.0975. The van der Waals surface area contributed by atoms with Gasteiger partial charge in [0.25, 0.3) is 0 Å². The molecular weight excluding hydrogens is 442 g/mol. The van der Waals surface area contributed by atoms with E-state index in [2.05, 4.69) is 24.4 Å². The summed E-state index contributed by atoms with van der Waals surface area (Å²) in [6.45, 7) is 10.1. The van der Waals surface area contributed by atoms with Crippen molar-refractivity contribution in [2.24, 2.45) is 5.92 Å². The first kappa shape index (κ1) is 30.7. The highest BCUT2D eigenvalue weighted by molar-refractivity contribution is 5.74. The lowest BCUT2D eigenvalue weighted by Gasteiger charge is -2.35. The Kier molecular flexibility index (Phi) is 15.0. The van der Waals surface area contributed by atoms with Crippen LogP contribution < -0.4 is 5.32 Å². The van der Waals surface area contributed by atoms with E-state index in [0.717, 1.165) is 18.4 Å². The zero-order valence-corrected chi connectivity index (χ0v) is 22.7. The van der Waals surface area contributed by atoms with Gasteiger partial charge in [0.1, 0.15) is 12.1 Å². The highest BCUT2D eigenvalue weighted by Crippen LogP contribution is 2.29. The molecule has 6 nitrogen and oxygen atoms in total. The van der Waals surface area contributed by atoms with E-state index in [1.807, 2.05) is 26.0 Å². The first-order valence-corrected chi connectivity index (χ1v) is 13.4. The number of carbonyl (C=O) groups is 3. The van der Waals surface area contributed by atoms with Crippen molar-refractivity contribution >= 4 is 17.8 Å². The second kappa shape index (κ2) is 17.1. The van der Waals surface area contributed by atoms with E-state index in [4.69, 9.17) is 9.47 Å². The number of hydrogen-bond donors (Lipinski definition) is 1. The van der Waals surface area contributed by atoms with Crippen molar-refractivity contribution in [3.8, 4) is 0 Å². The molecule has 1 aromatic carbocycles. The minimum atomic E-state index is -0.773. The lowest BCUT2D eigenvalue weighted by molar-refractivity contribution is -0.160. The minimum Gasteiger partial charge on any atom is -0.460 e. The fraction of sp³-hybridized carbons (Fsp3) is 0.690.